The van der Waals surface area contributed by atoms with Crippen LogP contribution in [0.3, 0.4) is 0 Å². The quantitative estimate of drug-likeness (QED) is 0.535. The Kier molecular flexibility index (Phi) is 7.67. The third kappa shape index (κ3) is 5.93. The monoisotopic (exact) mass is 472 g/mol. The maximum absolute atomic E-state index is 12.1. The van der Waals surface area contributed by atoms with Gasteiger partial charge in [0, 0.05) is 25.2 Å². The standard InChI is InChI=1S/C25H32N2O5S/c28-24(20-33(29,30)19-22-10-8-17-31-22)26-14-4-7-18-32-25(27-15-5-1-6-16-27)13-12-21-9-2-3-11-23(21)25/h2-4,7-11,17H,1,5-6,12-16,18-20H2,(H,26,28)/b7-4-. The van der Waals surface area contributed by atoms with Gasteiger partial charge in [0.2, 0.25) is 5.91 Å². The van der Waals surface area contributed by atoms with Crippen molar-refractivity contribution < 1.29 is 22.4 Å². The van der Waals surface area contributed by atoms with Gasteiger partial charge in [-0.05, 0) is 43.4 Å². The minimum Gasteiger partial charge on any atom is -0.468 e. The van der Waals surface area contributed by atoms with Gasteiger partial charge in [-0.3, -0.25) is 9.69 Å². The van der Waals surface area contributed by atoms with Crippen molar-refractivity contribution in [3.8, 4) is 0 Å². The van der Waals surface area contributed by atoms with Crippen molar-refractivity contribution in [1.82, 2.24) is 10.2 Å². The van der Waals surface area contributed by atoms with E-state index in [2.05, 4.69) is 34.5 Å². The highest BCUT2D eigenvalue weighted by Gasteiger charge is 2.44. The summed E-state index contributed by atoms with van der Waals surface area (Å²) in [7, 11) is -3.57. The van der Waals surface area contributed by atoms with Crippen LogP contribution in [0, 0.1) is 0 Å². The molecule has 178 valence electrons. The second-order valence-electron chi connectivity index (χ2n) is 8.69. The number of hydrogen-bond donors (Lipinski definition) is 1. The molecule has 2 aromatic rings. The summed E-state index contributed by atoms with van der Waals surface area (Å²) >= 11 is 0. The van der Waals surface area contributed by atoms with E-state index in [0.29, 0.717) is 12.4 Å². The number of fused-ring (bicyclic) bond motifs is 1. The Hall–Kier alpha value is -2.42. The first-order valence-electron chi connectivity index (χ1n) is 11.6. The Bertz CT molecular complexity index is 1060. The average Bonchev–Trinajstić information content (AvgIpc) is 3.44. The van der Waals surface area contributed by atoms with E-state index in [1.807, 2.05) is 12.2 Å². The van der Waals surface area contributed by atoms with Gasteiger partial charge >= 0.3 is 0 Å². The summed E-state index contributed by atoms with van der Waals surface area (Å²) in [5, 5.41) is 2.63. The number of benzene rings is 1. The van der Waals surface area contributed by atoms with Gasteiger partial charge < -0.3 is 14.5 Å². The predicted molar refractivity (Wildman–Crippen MR) is 126 cm³/mol. The Labute approximate surface area is 195 Å². The molecular formula is C25H32N2O5S. The molecule has 1 aromatic carbocycles. The van der Waals surface area contributed by atoms with E-state index in [4.69, 9.17) is 9.15 Å². The molecule has 1 aliphatic heterocycles. The third-order valence-corrected chi connectivity index (χ3v) is 7.76. The molecule has 1 atom stereocenters. The fraction of sp³-hybridized carbons (Fsp3) is 0.480. The normalized spacial score (nSPS) is 21.3. The molecule has 33 heavy (non-hydrogen) atoms. The lowest BCUT2D eigenvalue weighted by Gasteiger charge is -2.43. The highest BCUT2D eigenvalue weighted by molar-refractivity contribution is 7.91. The minimum absolute atomic E-state index is 0.256. The van der Waals surface area contributed by atoms with Crippen LogP contribution in [0.2, 0.25) is 0 Å². The van der Waals surface area contributed by atoms with Crippen LogP contribution in [-0.4, -0.2) is 51.2 Å². The number of aryl methyl sites for hydroxylation is 1. The zero-order valence-corrected chi connectivity index (χ0v) is 19.7. The number of likely N-dealkylation sites (tertiary alicyclic amines) is 1. The molecule has 1 fully saturated rings. The van der Waals surface area contributed by atoms with Crippen molar-refractivity contribution in [1.29, 1.82) is 0 Å². The number of ether oxygens (including phenoxy) is 1. The Balaban J connectivity index is 1.27. The van der Waals surface area contributed by atoms with Gasteiger partial charge in [-0.15, -0.1) is 0 Å². The van der Waals surface area contributed by atoms with Crippen molar-refractivity contribution in [3.63, 3.8) is 0 Å². The molecule has 1 unspecified atom stereocenters. The van der Waals surface area contributed by atoms with Gasteiger partial charge in [0.25, 0.3) is 0 Å². The number of nitrogens with one attached hydrogen (secondary N) is 1. The van der Waals surface area contributed by atoms with Gasteiger partial charge in [0.1, 0.15) is 23.0 Å². The SMILES string of the molecule is O=C(CS(=O)(=O)Cc1ccco1)NC/C=C\COC1(N2CCCCC2)CCc2ccccc21. The van der Waals surface area contributed by atoms with Crippen LogP contribution in [-0.2, 0) is 37.3 Å². The number of rotatable bonds is 10. The highest BCUT2D eigenvalue weighted by atomic mass is 32.2. The van der Waals surface area contributed by atoms with E-state index in [-0.39, 0.29) is 18.0 Å². The van der Waals surface area contributed by atoms with Crippen LogP contribution in [0.5, 0.6) is 0 Å². The largest absolute Gasteiger partial charge is 0.468 e. The van der Waals surface area contributed by atoms with E-state index in [0.717, 1.165) is 25.9 Å². The van der Waals surface area contributed by atoms with E-state index < -0.39 is 21.5 Å². The second kappa shape index (κ2) is 10.7. The summed E-state index contributed by atoms with van der Waals surface area (Å²) in [6.07, 6.45) is 10.7. The first-order valence-corrected chi connectivity index (χ1v) is 13.4. The maximum atomic E-state index is 12.1. The predicted octanol–water partition coefficient (Wildman–Crippen LogP) is 3.17. The first-order chi connectivity index (χ1) is 16.0. The lowest BCUT2D eigenvalue weighted by atomic mass is 9.99. The number of piperidine rings is 1. The topological polar surface area (TPSA) is 88.8 Å². The van der Waals surface area contributed by atoms with Gasteiger partial charge in [0.05, 0.1) is 12.9 Å². The molecule has 1 saturated heterocycles. The minimum atomic E-state index is -3.57. The Morgan fingerprint density at radius 1 is 1.12 bits per heavy atom. The maximum Gasteiger partial charge on any atom is 0.235 e. The summed E-state index contributed by atoms with van der Waals surface area (Å²) in [5.41, 5.74) is 2.25. The van der Waals surface area contributed by atoms with Gasteiger partial charge in [-0.2, -0.15) is 0 Å². The zero-order valence-electron chi connectivity index (χ0n) is 18.9. The van der Waals surface area contributed by atoms with Crippen LogP contribution in [0.15, 0.2) is 59.2 Å². The molecule has 4 rings (SSSR count). The van der Waals surface area contributed by atoms with Crippen molar-refractivity contribution in [2.75, 3.05) is 32.0 Å². The molecular weight excluding hydrogens is 440 g/mol. The van der Waals surface area contributed by atoms with Crippen LogP contribution >= 0.6 is 0 Å². The van der Waals surface area contributed by atoms with Crippen molar-refractivity contribution in [2.45, 2.75) is 43.6 Å². The fourth-order valence-corrected chi connectivity index (χ4v) is 6.01. The number of carbonyl (C=O) groups excluding carboxylic acids is 1. The summed E-state index contributed by atoms with van der Waals surface area (Å²) in [5.74, 6) is -1.04. The molecule has 1 aliphatic carbocycles. The smallest absolute Gasteiger partial charge is 0.235 e. The van der Waals surface area contributed by atoms with E-state index in [9.17, 15) is 13.2 Å². The number of sulfone groups is 1. The Morgan fingerprint density at radius 2 is 1.94 bits per heavy atom. The molecule has 0 bridgehead atoms. The fourth-order valence-electron chi connectivity index (χ4n) is 4.81. The van der Waals surface area contributed by atoms with Gasteiger partial charge in [-0.25, -0.2) is 8.42 Å². The van der Waals surface area contributed by atoms with E-state index >= 15 is 0 Å². The van der Waals surface area contributed by atoms with Crippen LogP contribution < -0.4 is 5.32 Å². The second-order valence-corrected chi connectivity index (χ2v) is 10.8. The summed E-state index contributed by atoms with van der Waals surface area (Å²) in [4.78, 5) is 14.5. The molecule has 2 heterocycles. The zero-order chi connectivity index (χ0) is 23.2. The summed E-state index contributed by atoms with van der Waals surface area (Å²) in [6, 6.07) is 11.7. The van der Waals surface area contributed by atoms with Crippen LogP contribution in [0.25, 0.3) is 0 Å². The summed E-state index contributed by atoms with van der Waals surface area (Å²) in [6.45, 7) is 2.77. The van der Waals surface area contributed by atoms with Gasteiger partial charge in [-0.1, -0.05) is 42.8 Å². The molecule has 8 heteroatoms. The van der Waals surface area contributed by atoms with Gasteiger partial charge in [0.15, 0.2) is 9.84 Å². The average molecular weight is 473 g/mol. The number of furan rings is 1. The third-order valence-electron chi connectivity index (χ3n) is 6.33. The van der Waals surface area contributed by atoms with Crippen LogP contribution in [0.4, 0.5) is 0 Å². The lowest BCUT2D eigenvalue weighted by Crippen LogP contribution is -2.49. The van der Waals surface area contributed by atoms with E-state index in [1.54, 1.807) is 12.1 Å². The number of amides is 1. The number of carbonyl (C=O) groups is 1. The van der Waals surface area contributed by atoms with Crippen molar-refractivity contribution >= 4 is 15.7 Å². The van der Waals surface area contributed by atoms with E-state index in [1.165, 1.54) is 36.7 Å². The molecule has 1 amide bonds. The number of nitrogens with zero attached hydrogens (tertiary/aromatic N) is 1. The molecule has 0 radical (unpaired) electrons. The Morgan fingerprint density at radius 3 is 2.73 bits per heavy atom. The van der Waals surface area contributed by atoms with Crippen molar-refractivity contribution in [2.24, 2.45) is 0 Å². The molecule has 1 aromatic heterocycles. The molecule has 2 aliphatic rings. The lowest BCUT2D eigenvalue weighted by molar-refractivity contribution is -0.161. The molecule has 1 N–H and O–H groups in total. The highest BCUT2D eigenvalue weighted by Crippen LogP contribution is 2.43. The molecule has 0 spiro atoms. The molecule has 0 saturated carbocycles. The van der Waals surface area contributed by atoms with Crippen molar-refractivity contribution in [3.05, 3.63) is 71.7 Å². The summed E-state index contributed by atoms with van der Waals surface area (Å²) < 4.78 is 35.8. The first kappa shape index (κ1) is 23.7. The number of hydrogen-bond acceptors (Lipinski definition) is 6. The van der Waals surface area contributed by atoms with Crippen LogP contribution in [0.1, 0.15) is 42.6 Å². The molecule has 7 nitrogen and oxygen atoms in total.